The van der Waals surface area contributed by atoms with Gasteiger partial charge in [0, 0.05) is 78.7 Å². The molecular weight excluding hydrogens is 1080 g/mol. The number of aromatic amines is 1. The van der Waals surface area contributed by atoms with Crippen LogP contribution in [0.2, 0.25) is 0 Å². The second-order valence-corrected chi connectivity index (χ2v) is 24.2. The number of nitrogens with one attached hydrogen (secondary N) is 1. The molecule has 396 valence electrons. The zero-order valence-electron chi connectivity index (χ0n) is 46.4. The molecule has 0 amide bonds. The predicted molar refractivity (Wildman–Crippen MR) is 350 cm³/mol. The summed E-state index contributed by atoms with van der Waals surface area (Å²) >= 11 is 3.56. The second kappa shape index (κ2) is 18.6. The van der Waals surface area contributed by atoms with Crippen molar-refractivity contribution >= 4 is 103 Å². The maximum absolute atomic E-state index is 4.87. The van der Waals surface area contributed by atoms with E-state index in [-0.39, 0.29) is 10.8 Å². The highest BCUT2D eigenvalue weighted by Gasteiger charge is 2.36. The molecule has 6 aromatic heterocycles. The van der Waals surface area contributed by atoms with Crippen LogP contribution in [0, 0.1) is 0 Å². The van der Waals surface area contributed by atoms with Gasteiger partial charge in [0.1, 0.15) is 0 Å². The SMILES string of the molecule is CC1(C)c2ccccc2-c2ccc(-n3c4cccnc4c4ccc5c(ccn5-c5ccc6ccccc6c5)c43)cc21.CC1(C)c2ccccc2-c2ccc(Br)cc21.c1ccc2cc(-n3ccc4c5[nH]c6cccnc6c5ccc43)ccc2c1. The number of hydrogen-bond donors (Lipinski definition) is 1. The van der Waals surface area contributed by atoms with Crippen LogP contribution in [0.25, 0.3) is 127 Å². The Morgan fingerprint density at radius 2 is 0.892 bits per heavy atom. The molecule has 16 aromatic rings. The lowest BCUT2D eigenvalue weighted by Crippen LogP contribution is -2.15. The summed E-state index contributed by atoms with van der Waals surface area (Å²) < 4.78 is 8.13. The smallest absolute Gasteiger partial charge is 0.0963 e. The van der Waals surface area contributed by atoms with Gasteiger partial charge in [-0.15, -0.1) is 0 Å². The Morgan fingerprint density at radius 1 is 0.373 bits per heavy atom. The zero-order chi connectivity index (χ0) is 55.7. The van der Waals surface area contributed by atoms with Crippen LogP contribution in [0.5, 0.6) is 0 Å². The van der Waals surface area contributed by atoms with Crippen molar-refractivity contribution in [3.8, 4) is 39.3 Å². The van der Waals surface area contributed by atoms with Gasteiger partial charge in [0.25, 0.3) is 0 Å². The second-order valence-electron chi connectivity index (χ2n) is 23.2. The largest absolute Gasteiger partial charge is 0.353 e. The molecule has 10 aromatic carbocycles. The molecule has 0 saturated heterocycles. The van der Waals surface area contributed by atoms with E-state index in [2.05, 4.69) is 298 Å². The van der Waals surface area contributed by atoms with Crippen LogP contribution in [-0.4, -0.2) is 28.7 Å². The molecule has 2 aliphatic carbocycles. The van der Waals surface area contributed by atoms with Crippen LogP contribution in [-0.2, 0) is 10.8 Å². The summed E-state index contributed by atoms with van der Waals surface area (Å²) in [7, 11) is 0. The Balaban J connectivity index is 0.000000114. The lowest BCUT2D eigenvalue weighted by molar-refractivity contribution is 0.660. The molecule has 6 heterocycles. The van der Waals surface area contributed by atoms with E-state index in [0.717, 1.165) is 37.7 Å². The van der Waals surface area contributed by atoms with E-state index in [1.807, 2.05) is 24.5 Å². The molecule has 6 nitrogen and oxygen atoms in total. The van der Waals surface area contributed by atoms with Crippen molar-refractivity contribution in [2.45, 2.75) is 38.5 Å². The maximum atomic E-state index is 4.87. The average molecular weight is 1130 g/mol. The molecule has 18 rings (SSSR count). The van der Waals surface area contributed by atoms with E-state index in [9.17, 15) is 0 Å². The summed E-state index contributed by atoms with van der Waals surface area (Å²) in [5.74, 6) is 0. The van der Waals surface area contributed by atoms with Gasteiger partial charge in [-0.25, -0.2) is 0 Å². The van der Waals surface area contributed by atoms with Crippen LogP contribution in [0.3, 0.4) is 0 Å². The summed E-state index contributed by atoms with van der Waals surface area (Å²) in [5, 5.41) is 9.79. The number of H-pyrrole nitrogens is 1. The number of aromatic nitrogens is 6. The van der Waals surface area contributed by atoms with Gasteiger partial charge in [-0.3, -0.25) is 9.97 Å². The Kier molecular flexibility index (Phi) is 11.0. The monoisotopic (exact) mass is 1130 g/mol. The van der Waals surface area contributed by atoms with Crippen LogP contribution in [0.4, 0.5) is 0 Å². The third kappa shape index (κ3) is 7.61. The molecule has 0 fully saturated rings. The molecular formula is C76H55BrN6. The van der Waals surface area contributed by atoms with Gasteiger partial charge in [-0.2, -0.15) is 0 Å². The molecule has 0 saturated carbocycles. The first-order valence-electron chi connectivity index (χ1n) is 28.5. The van der Waals surface area contributed by atoms with Crippen LogP contribution >= 0.6 is 15.9 Å². The minimum Gasteiger partial charge on any atom is -0.353 e. The van der Waals surface area contributed by atoms with E-state index in [4.69, 9.17) is 4.98 Å². The van der Waals surface area contributed by atoms with Gasteiger partial charge < -0.3 is 18.7 Å². The molecule has 0 radical (unpaired) electrons. The van der Waals surface area contributed by atoms with E-state index in [1.165, 1.54) is 116 Å². The Morgan fingerprint density at radius 3 is 1.55 bits per heavy atom. The molecule has 2 aliphatic rings. The normalized spacial score (nSPS) is 13.6. The van der Waals surface area contributed by atoms with Crippen molar-refractivity contribution < 1.29 is 0 Å². The number of nitrogens with zero attached hydrogens (tertiary/aromatic N) is 5. The number of pyridine rings is 2. The highest BCUT2D eigenvalue weighted by atomic mass is 79.9. The summed E-state index contributed by atoms with van der Waals surface area (Å²) in [4.78, 5) is 12.9. The number of halogens is 1. The number of rotatable bonds is 3. The van der Waals surface area contributed by atoms with Gasteiger partial charge in [-0.05, 0) is 175 Å². The van der Waals surface area contributed by atoms with Crippen molar-refractivity contribution in [2.75, 3.05) is 0 Å². The van der Waals surface area contributed by atoms with Gasteiger partial charge in [0.15, 0.2) is 0 Å². The molecule has 0 spiro atoms. The summed E-state index contributed by atoms with van der Waals surface area (Å²) in [6.45, 7) is 9.28. The fourth-order valence-corrected chi connectivity index (χ4v) is 14.2. The molecule has 0 aliphatic heterocycles. The van der Waals surface area contributed by atoms with E-state index in [0.29, 0.717) is 0 Å². The van der Waals surface area contributed by atoms with Gasteiger partial charge in [0.2, 0.25) is 0 Å². The van der Waals surface area contributed by atoms with Gasteiger partial charge in [-0.1, -0.05) is 165 Å². The minimum atomic E-state index is -0.0618. The molecule has 0 unspecified atom stereocenters. The zero-order valence-corrected chi connectivity index (χ0v) is 47.9. The molecule has 7 heteroatoms. The first kappa shape index (κ1) is 49.0. The highest BCUT2D eigenvalue weighted by Crippen LogP contribution is 2.51. The predicted octanol–water partition coefficient (Wildman–Crippen LogP) is 20.2. The molecule has 1 N–H and O–H groups in total. The Labute approximate surface area is 488 Å². The first-order chi connectivity index (χ1) is 40.6. The number of fused-ring (bicyclic) bond motifs is 18. The van der Waals surface area contributed by atoms with Crippen molar-refractivity contribution in [1.29, 1.82) is 0 Å². The number of benzene rings is 10. The lowest BCUT2D eigenvalue weighted by atomic mass is 9.82. The highest BCUT2D eigenvalue weighted by molar-refractivity contribution is 9.10. The van der Waals surface area contributed by atoms with Crippen LogP contribution in [0.15, 0.2) is 260 Å². The van der Waals surface area contributed by atoms with Crippen LogP contribution < -0.4 is 0 Å². The lowest BCUT2D eigenvalue weighted by Gasteiger charge is -2.22. The summed E-state index contributed by atoms with van der Waals surface area (Å²) in [6.07, 6.45) is 8.10. The Hall–Kier alpha value is -9.82. The fourth-order valence-electron chi connectivity index (χ4n) is 13.8. The summed E-state index contributed by atoms with van der Waals surface area (Å²) in [5.41, 5.74) is 23.6. The standard InChI is InChI=1S/C38H27N3.C23H15N3.C15H13Br/c1-38(2)32-11-6-5-10-28(32)29-16-15-27(23-33(29)38)41-35-12-7-20-39-36(35)31-17-18-34-30(37(31)41)19-21-40(34)26-14-13-24-8-3-4-9-25(24)22-26;1-2-5-16-14-17(8-7-15(16)4-1)26-13-11-18-21(26)10-9-19-22(18)25-20-6-3-12-24-23(19)20;1-15(2)13-6-4-3-5-11(13)12-8-7-10(16)9-14(12)15/h3-23H,1-2H3;1-14,25H;3-9H,1-2H3. The van der Waals surface area contributed by atoms with E-state index in [1.54, 1.807) is 0 Å². The molecule has 0 atom stereocenters. The topological polar surface area (TPSA) is 56.4 Å². The van der Waals surface area contributed by atoms with Crippen molar-refractivity contribution in [3.05, 3.63) is 282 Å². The third-order valence-electron chi connectivity index (χ3n) is 17.9. The Bertz CT molecular complexity index is 5320. The third-order valence-corrected chi connectivity index (χ3v) is 18.4. The fraction of sp³-hybridized carbons (Fsp3) is 0.0789. The van der Waals surface area contributed by atoms with E-state index >= 15 is 0 Å². The van der Waals surface area contributed by atoms with Gasteiger partial charge >= 0.3 is 0 Å². The van der Waals surface area contributed by atoms with Crippen molar-refractivity contribution in [3.63, 3.8) is 0 Å². The first-order valence-corrected chi connectivity index (χ1v) is 29.3. The number of hydrogen-bond acceptors (Lipinski definition) is 2. The average Bonchev–Trinajstić information content (AvgIpc) is 3.38. The minimum absolute atomic E-state index is 0.0618. The van der Waals surface area contributed by atoms with Gasteiger partial charge in [0.05, 0.1) is 44.1 Å². The quantitative estimate of drug-likeness (QED) is 0.192. The van der Waals surface area contributed by atoms with E-state index < -0.39 is 0 Å². The summed E-state index contributed by atoms with van der Waals surface area (Å²) in [6, 6.07) is 83.0. The molecule has 0 bridgehead atoms. The van der Waals surface area contributed by atoms with Crippen LogP contribution in [0.1, 0.15) is 49.9 Å². The van der Waals surface area contributed by atoms with Crippen molar-refractivity contribution in [2.24, 2.45) is 0 Å². The van der Waals surface area contributed by atoms with Crippen molar-refractivity contribution in [1.82, 2.24) is 28.7 Å². The maximum Gasteiger partial charge on any atom is 0.0963 e. The molecule has 83 heavy (non-hydrogen) atoms.